The van der Waals surface area contributed by atoms with Crippen LogP contribution >= 0.6 is 11.6 Å². The van der Waals surface area contributed by atoms with Crippen molar-refractivity contribution in [2.24, 2.45) is 0 Å². The molecule has 0 radical (unpaired) electrons. The molecule has 0 fully saturated rings. The van der Waals surface area contributed by atoms with Gasteiger partial charge in [0.1, 0.15) is 5.75 Å². The Hall–Kier alpha value is -1.76. The molecule has 0 aliphatic heterocycles. The van der Waals surface area contributed by atoms with Crippen LogP contribution in [-0.4, -0.2) is 34.9 Å². The molecule has 1 atom stereocenters. The van der Waals surface area contributed by atoms with Gasteiger partial charge < -0.3 is 10.4 Å². The zero-order valence-electron chi connectivity index (χ0n) is 10.1. The molecule has 110 valence electrons. The minimum Gasteiger partial charge on any atom is -0.508 e. The molecule has 20 heavy (non-hydrogen) atoms. The summed E-state index contributed by atoms with van der Waals surface area (Å²) >= 11 is 5.31. The van der Waals surface area contributed by atoms with E-state index < -0.39 is 29.8 Å². The van der Waals surface area contributed by atoms with Crippen molar-refractivity contribution in [1.82, 2.24) is 5.32 Å². The average molecular weight is 310 g/mol. The minimum atomic E-state index is -5.07. The van der Waals surface area contributed by atoms with Gasteiger partial charge in [-0.1, -0.05) is 12.1 Å². The monoisotopic (exact) mass is 309 g/mol. The highest BCUT2D eigenvalue weighted by Gasteiger charge is 2.40. The number of ketones is 1. The van der Waals surface area contributed by atoms with E-state index in [4.69, 9.17) is 16.7 Å². The smallest absolute Gasteiger partial charge is 0.471 e. The van der Waals surface area contributed by atoms with E-state index in [1.165, 1.54) is 24.3 Å². The molecule has 0 saturated carbocycles. The number of amides is 1. The highest BCUT2D eigenvalue weighted by molar-refractivity contribution is 6.28. The predicted octanol–water partition coefficient (Wildman–Crippen LogP) is 1.79. The number of carbonyl (C=O) groups is 2. The molecule has 0 aliphatic carbocycles. The number of phenolic OH excluding ortho intramolecular Hbond substituents is 1. The van der Waals surface area contributed by atoms with Gasteiger partial charge in [-0.05, 0) is 24.1 Å². The van der Waals surface area contributed by atoms with E-state index in [-0.39, 0.29) is 12.2 Å². The van der Waals surface area contributed by atoms with Crippen LogP contribution in [0.1, 0.15) is 5.56 Å². The van der Waals surface area contributed by atoms with Crippen LogP contribution in [0.5, 0.6) is 5.75 Å². The van der Waals surface area contributed by atoms with Crippen LogP contribution in [0, 0.1) is 0 Å². The molecular weight excluding hydrogens is 299 g/mol. The lowest BCUT2D eigenvalue weighted by molar-refractivity contribution is -0.174. The van der Waals surface area contributed by atoms with Crippen molar-refractivity contribution >= 4 is 23.3 Å². The lowest BCUT2D eigenvalue weighted by atomic mass is 10.0. The van der Waals surface area contributed by atoms with Crippen molar-refractivity contribution < 1.29 is 27.9 Å². The highest BCUT2D eigenvalue weighted by atomic mass is 35.5. The van der Waals surface area contributed by atoms with Gasteiger partial charge in [-0.25, -0.2) is 0 Å². The largest absolute Gasteiger partial charge is 0.508 e. The van der Waals surface area contributed by atoms with Gasteiger partial charge in [0.15, 0.2) is 5.78 Å². The van der Waals surface area contributed by atoms with Crippen LogP contribution in [-0.2, 0) is 16.0 Å². The summed E-state index contributed by atoms with van der Waals surface area (Å²) in [6.07, 6.45) is -5.21. The van der Waals surface area contributed by atoms with Crippen molar-refractivity contribution in [2.45, 2.75) is 18.6 Å². The summed E-state index contributed by atoms with van der Waals surface area (Å²) in [5, 5.41) is 10.7. The molecule has 0 spiro atoms. The number of Topliss-reactive ketones (excluding diaryl/α,β-unsaturated/α-hetero) is 1. The maximum Gasteiger partial charge on any atom is 0.471 e. The van der Waals surface area contributed by atoms with Crippen molar-refractivity contribution in [3.63, 3.8) is 0 Å². The predicted molar refractivity (Wildman–Crippen MR) is 65.5 cm³/mol. The van der Waals surface area contributed by atoms with Crippen LogP contribution in [0.25, 0.3) is 0 Å². The first-order chi connectivity index (χ1) is 9.24. The molecule has 0 bridgehead atoms. The van der Waals surface area contributed by atoms with Gasteiger partial charge in [-0.15, -0.1) is 11.6 Å². The molecule has 2 N–H and O–H groups in total. The topological polar surface area (TPSA) is 66.4 Å². The Kier molecular flexibility index (Phi) is 5.38. The lowest BCUT2D eigenvalue weighted by Crippen LogP contribution is -2.48. The first-order valence-corrected chi connectivity index (χ1v) is 6.01. The first-order valence-electron chi connectivity index (χ1n) is 5.48. The highest BCUT2D eigenvalue weighted by Crippen LogP contribution is 2.16. The normalized spacial score (nSPS) is 12.8. The third kappa shape index (κ3) is 4.73. The van der Waals surface area contributed by atoms with Crippen molar-refractivity contribution in [3.05, 3.63) is 29.8 Å². The summed E-state index contributed by atoms with van der Waals surface area (Å²) in [6.45, 7) is 0. The molecule has 0 heterocycles. The number of phenols is 1. The molecule has 1 unspecified atom stereocenters. The SMILES string of the molecule is O=C(CCl)C(Cc1ccc(O)cc1)NC(=O)C(F)(F)F. The van der Waals surface area contributed by atoms with E-state index >= 15 is 0 Å². The Balaban J connectivity index is 2.82. The molecule has 0 aromatic heterocycles. The van der Waals surface area contributed by atoms with Gasteiger partial charge in [0.05, 0.1) is 11.9 Å². The maximum absolute atomic E-state index is 12.2. The van der Waals surface area contributed by atoms with Crippen LogP contribution in [0.2, 0.25) is 0 Å². The van der Waals surface area contributed by atoms with E-state index in [2.05, 4.69) is 0 Å². The van der Waals surface area contributed by atoms with E-state index in [1.54, 1.807) is 5.32 Å². The average Bonchev–Trinajstić information content (AvgIpc) is 2.38. The number of carbonyl (C=O) groups excluding carboxylic acids is 2. The Labute approximate surface area is 117 Å². The molecular formula is C12H11ClF3NO3. The Morgan fingerprint density at radius 3 is 2.25 bits per heavy atom. The van der Waals surface area contributed by atoms with Crippen LogP contribution in [0.4, 0.5) is 13.2 Å². The summed E-state index contributed by atoms with van der Waals surface area (Å²) < 4.78 is 36.5. The fraction of sp³-hybridized carbons (Fsp3) is 0.333. The Morgan fingerprint density at radius 1 is 1.25 bits per heavy atom. The third-order valence-corrected chi connectivity index (χ3v) is 2.72. The molecule has 0 aliphatic rings. The molecule has 1 rings (SSSR count). The Morgan fingerprint density at radius 2 is 1.80 bits per heavy atom. The second kappa shape index (κ2) is 6.60. The van der Waals surface area contributed by atoms with E-state index in [9.17, 15) is 22.8 Å². The fourth-order valence-electron chi connectivity index (χ4n) is 1.45. The number of hydrogen-bond acceptors (Lipinski definition) is 3. The minimum absolute atomic E-state index is 0.0201. The van der Waals surface area contributed by atoms with Crippen molar-refractivity contribution in [2.75, 3.05) is 5.88 Å². The quantitative estimate of drug-likeness (QED) is 0.815. The summed E-state index contributed by atoms with van der Waals surface area (Å²) in [5.74, 6) is -3.45. The molecule has 8 heteroatoms. The van der Waals surface area contributed by atoms with Crippen LogP contribution < -0.4 is 5.32 Å². The second-order valence-electron chi connectivity index (χ2n) is 3.99. The van der Waals surface area contributed by atoms with E-state index in [0.717, 1.165) is 0 Å². The number of benzene rings is 1. The molecule has 0 saturated heterocycles. The number of halogens is 4. The molecule has 1 amide bonds. The van der Waals surface area contributed by atoms with Gasteiger partial charge in [-0.3, -0.25) is 9.59 Å². The third-order valence-electron chi connectivity index (χ3n) is 2.46. The van der Waals surface area contributed by atoms with Gasteiger partial charge in [0.25, 0.3) is 0 Å². The number of aromatic hydroxyl groups is 1. The zero-order valence-corrected chi connectivity index (χ0v) is 10.8. The van der Waals surface area contributed by atoms with Crippen LogP contribution in [0.3, 0.4) is 0 Å². The van der Waals surface area contributed by atoms with E-state index in [0.29, 0.717) is 5.56 Å². The summed E-state index contributed by atoms with van der Waals surface area (Å²) in [7, 11) is 0. The first kappa shape index (κ1) is 16.3. The van der Waals surface area contributed by atoms with Gasteiger partial charge in [0.2, 0.25) is 0 Å². The van der Waals surface area contributed by atoms with Crippen molar-refractivity contribution in [3.8, 4) is 5.75 Å². The van der Waals surface area contributed by atoms with Gasteiger partial charge in [-0.2, -0.15) is 13.2 Å². The summed E-state index contributed by atoms with van der Waals surface area (Å²) in [4.78, 5) is 22.4. The second-order valence-corrected chi connectivity index (χ2v) is 4.26. The number of rotatable bonds is 5. The van der Waals surface area contributed by atoms with E-state index in [1.807, 2.05) is 0 Å². The maximum atomic E-state index is 12.2. The molecule has 1 aromatic rings. The zero-order chi connectivity index (χ0) is 15.3. The fourth-order valence-corrected chi connectivity index (χ4v) is 1.63. The van der Waals surface area contributed by atoms with Gasteiger partial charge in [0, 0.05) is 0 Å². The summed E-state index contributed by atoms with van der Waals surface area (Å²) in [6, 6.07) is 4.14. The van der Waals surface area contributed by atoms with Gasteiger partial charge >= 0.3 is 12.1 Å². The van der Waals surface area contributed by atoms with Crippen LogP contribution in [0.15, 0.2) is 24.3 Å². The lowest BCUT2D eigenvalue weighted by Gasteiger charge is -2.17. The Bertz CT molecular complexity index is 488. The number of alkyl halides is 4. The molecule has 4 nitrogen and oxygen atoms in total. The molecule has 1 aromatic carbocycles. The van der Waals surface area contributed by atoms with Crippen molar-refractivity contribution in [1.29, 1.82) is 0 Å². The number of hydrogen-bond donors (Lipinski definition) is 2. The standard InChI is InChI=1S/C12H11ClF3NO3/c13-6-10(19)9(17-11(20)12(14,15)16)5-7-1-3-8(18)4-2-7/h1-4,9,18H,5-6H2,(H,17,20). The number of nitrogens with one attached hydrogen (secondary N) is 1. The summed E-state index contributed by atoms with van der Waals surface area (Å²) in [5.41, 5.74) is 0.480.